The Morgan fingerprint density at radius 1 is 1.38 bits per heavy atom. The summed E-state index contributed by atoms with van der Waals surface area (Å²) in [6, 6.07) is 6.23. The van der Waals surface area contributed by atoms with Crippen molar-refractivity contribution in [3.63, 3.8) is 0 Å². The maximum absolute atomic E-state index is 12.9. The Labute approximate surface area is 156 Å². The minimum absolute atomic E-state index is 0.00775. The van der Waals surface area contributed by atoms with Crippen molar-refractivity contribution in [1.82, 2.24) is 19.7 Å². The van der Waals surface area contributed by atoms with Crippen LogP contribution in [0, 0.1) is 0 Å². The fraction of sp³-hybridized carbons (Fsp3) is 0.444. The molecule has 2 aromatic rings. The monoisotopic (exact) mass is 376 g/mol. The Morgan fingerprint density at radius 3 is 2.65 bits per heavy atom. The quantitative estimate of drug-likeness (QED) is 0.802. The zero-order valence-corrected chi connectivity index (χ0v) is 15.5. The maximum Gasteiger partial charge on any atom is 0.326 e. The molecule has 1 unspecified atom stereocenters. The van der Waals surface area contributed by atoms with E-state index in [0.29, 0.717) is 23.0 Å². The molecule has 1 heterocycles. The molecular formula is C18H21ClN4O3. The highest BCUT2D eigenvalue weighted by atomic mass is 35.5. The molecule has 1 aromatic heterocycles. The average molecular weight is 377 g/mol. The number of aromatic nitrogens is 3. The molecular weight excluding hydrogens is 356 g/mol. The van der Waals surface area contributed by atoms with Gasteiger partial charge in [-0.2, -0.15) is 0 Å². The van der Waals surface area contributed by atoms with E-state index >= 15 is 0 Å². The van der Waals surface area contributed by atoms with Crippen molar-refractivity contribution in [1.29, 1.82) is 0 Å². The largest absolute Gasteiger partial charge is 0.480 e. The molecule has 1 N–H and O–H groups in total. The predicted octanol–water partition coefficient (Wildman–Crippen LogP) is 2.95. The van der Waals surface area contributed by atoms with Crippen molar-refractivity contribution in [2.45, 2.75) is 51.6 Å². The van der Waals surface area contributed by atoms with E-state index < -0.39 is 17.9 Å². The summed E-state index contributed by atoms with van der Waals surface area (Å²) in [5.74, 6) is -0.855. The summed E-state index contributed by atoms with van der Waals surface area (Å²) in [6.07, 6.45) is 3.06. The lowest BCUT2D eigenvalue weighted by atomic mass is 10.2. The van der Waals surface area contributed by atoms with Crippen LogP contribution in [0.5, 0.6) is 0 Å². The number of aryl methyl sites for hydroxylation is 1. The van der Waals surface area contributed by atoms with Gasteiger partial charge < -0.3 is 10.0 Å². The molecule has 1 atom stereocenters. The third kappa shape index (κ3) is 3.58. The van der Waals surface area contributed by atoms with Crippen LogP contribution in [0.25, 0.3) is 5.69 Å². The third-order valence-corrected chi connectivity index (χ3v) is 4.69. The second-order valence-electron chi connectivity index (χ2n) is 6.42. The van der Waals surface area contributed by atoms with E-state index in [1.807, 2.05) is 25.1 Å². The van der Waals surface area contributed by atoms with Crippen molar-refractivity contribution in [3.05, 3.63) is 40.9 Å². The van der Waals surface area contributed by atoms with Crippen molar-refractivity contribution in [2.75, 3.05) is 0 Å². The summed E-state index contributed by atoms with van der Waals surface area (Å²) in [6.45, 7) is 3.52. The minimum Gasteiger partial charge on any atom is -0.480 e. The molecule has 1 aliphatic rings. The molecule has 0 radical (unpaired) electrons. The van der Waals surface area contributed by atoms with E-state index in [9.17, 15) is 14.7 Å². The predicted molar refractivity (Wildman–Crippen MR) is 96.7 cm³/mol. The van der Waals surface area contributed by atoms with Crippen molar-refractivity contribution < 1.29 is 14.7 Å². The van der Waals surface area contributed by atoms with Crippen molar-refractivity contribution in [3.8, 4) is 5.69 Å². The Morgan fingerprint density at radius 2 is 2.08 bits per heavy atom. The molecule has 0 spiro atoms. The number of hydrogen-bond donors (Lipinski definition) is 1. The Kier molecular flexibility index (Phi) is 5.27. The number of rotatable bonds is 7. The molecule has 7 nitrogen and oxygen atoms in total. The molecule has 1 aromatic carbocycles. The number of benzene rings is 1. The highest BCUT2D eigenvalue weighted by molar-refractivity contribution is 6.32. The summed E-state index contributed by atoms with van der Waals surface area (Å²) in [5, 5.41) is 14.2. The van der Waals surface area contributed by atoms with Crippen molar-refractivity contribution in [2.24, 2.45) is 0 Å². The average Bonchev–Trinajstić information content (AvgIpc) is 3.35. The number of nitrogens with zero attached hydrogens (tertiary/aromatic N) is 4. The normalized spacial score (nSPS) is 14.9. The van der Waals surface area contributed by atoms with Gasteiger partial charge in [0.15, 0.2) is 0 Å². The van der Waals surface area contributed by atoms with E-state index in [1.165, 1.54) is 11.8 Å². The molecule has 0 bridgehead atoms. The first-order valence-corrected chi connectivity index (χ1v) is 9.08. The lowest BCUT2D eigenvalue weighted by Crippen LogP contribution is -2.45. The van der Waals surface area contributed by atoms with Crippen LogP contribution in [-0.4, -0.2) is 48.7 Å². The van der Waals surface area contributed by atoms with Gasteiger partial charge in [0.1, 0.15) is 11.9 Å². The zero-order chi connectivity index (χ0) is 18.8. The van der Waals surface area contributed by atoms with Crippen LogP contribution < -0.4 is 0 Å². The number of amides is 1. The standard InChI is InChI=1S/C18H21ClN4O3/c1-3-6-15-20-16(21-23(15)14-8-5-4-7-13(14)19)17(24)22(12-9-10-12)11(2)18(25)26/h4-5,7-8,11-12H,3,6,9-10H2,1-2H3,(H,25,26). The minimum atomic E-state index is -1.04. The SMILES string of the molecule is CCCc1nc(C(=O)N(C2CC2)C(C)C(=O)O)nn1-c1ccccc1Cl. The van der Waals surface area contributed by atoms with Gasteiger partial charge in [0.25, 0.3) is 5.91 Å². The molecule has 8 heteroatoms. The number of carboxylic acids is 1. The smallest absolute Gasteiger partial charge is 0.326 e. The van der Waals surface area contributed by atoms with E-state index in [0.717, 1.165) is 19.3 Å². The van der Waals surface area contributed by atoms with Gasteiger partial charge in [-0.25, -0.2) is 14.5 Å². The molecule has 3 rings (SSSR count). The Hall–Kier alpha value is -2.41. The van der Waals surface area contributed by atoms with Gasteiger partial charge in [-0.3, -0.25) is 4.79 Å². The van der Waals surface area contributed by atoms with Crippen LogP contribution in [0.3, 0.4) is 0 Å². The van der Waals surface area contributed by atoms with Crippen LogP contribution in [0.2, 0.25) is 5.02 Å². The van der Waals surface area contributed by atoms with Crippen LogP contribution >= 0.6 is 11.6 Å². The van der Waals surface area contributed by atoms with E-state index in [4.69, 9.17) is 11.6 Å². The first-order valence-electron chi connectivity index (χ1n) is 8.70. The van der Waals surface area contributed by atoms with E-state index in [-0.39, 0.29) is 11.9 Å². The number of aliphatic carboxylic acids is 1. The first-order chi connectivity index (χ1) is 12.4. The van der Waals surface area contributed by atoms with E-state index in [2.05, 4.69) is 10.1 Å². The first kappa shape index (κ1) is 18.4. The fourth-order valence-electron chi connectivity index (χ4n) is 2.88. The molecule has 26 heavy (non-hydrogen) atoms. The summed E-state index contributed by atoms with van der Waals surface area (Å²) >= 11 is 6.27. The third-order valence-electron chi connectivity index (χ3n) is 4.37. The molecule has 1 saturated carbocycles. The number of hydrogen-bond acceptors (Lipinski definition) is 4. The van der Waals surface area contributed by atoms with Gasteiger partial charge in [0.2, 0.25) is 5.82 Å². The van der Waals surface area contributed by atoms with Crippen molar-refractivity contribution >= 4 is 23.5 Å². The highest BCUT2D eigenvalue weighted by Gasteiger charge is 2.40. The van der Waals surface area contributed by atoms with Gasteiger partial charge >= 0.3 is 5.97 Å². The summed E-state index contributed by atoms with van der Waals surface area (Å²) in [5.41, 5.74) is 0.647. The lowest BCUT2D eigenvalue weighted by Gasteiger charge is -2.25. The zero-order valence-electron chi connectivity index (χ0n) is 14.7. The molecule has 138 valence electrons. The van der Waals surface area contributed by atoms with Crippen LogP contribution in [-0.2, 0) is 11.2 Å². The van der Waals surface area contributed by atoms with Crippen LogP contribution in [0.1, 0.15) is 49.6 Å². The van der Waals surface area contributed by atoms with Gasteiger partial charge in [0.05, 0.1) is 10.7 Å². The number of carboxylic acid groups (broad SMARTS) is 1. The highest BCUT2D eigenvalue weighted by Crippen LogP contribution is 2.30. The van der Waals surface area contributed by atoms with Gasteiger partial charge in [0, 0.05) is 12.5 Å². The molecule has 1 aliphatic carbocycles. The number of carbonyl (C=O) groups excluding carboxylic acids is 1. The number of para-hydroxylation sites is 1. The Bertz CT molecular complexity index is 832. The molecule has 1 amide bonds. The number of carbonyl (C=O) groups is 2. The maximum atomic E-state index is 12.9. The van der Waals surface area contributed by atoms with Gasteiger partial charge in [-0.05, 0) is 38.3 Å². The Balaban J connectivity index is 2.00. The molecule has 0 saturated heterocycles. The van der Waals surface area contributed by atoms with Gasteiger partial charge in [-0.15, -0.1) is 5.10 Å². The van der Waals surface area contributed by atoms with Crippen LogP contribution in [0.15, 0.2) is 24.3 Å². The summed E-state index contributed by atoms with van der Waals surface area (Å²) in [7, 11) is 0. The second kappa shape index (κ2) is 7.45. The number of halogens is 1. The van der Waals surface area contributed by atoms with Gasteiger partial charge in [-0.1, -0.05) is 30.7 Å². The van der Waals surface area contributed by atoms with Crippen LogP contribution in [0.4, 0.5) is 0 Å². The summed E-state index contributed by atoms with van der Waals surface area (Å²) < 4.78 is 1.58. The molecule has 0 aliphatic heterocycles. The second-order valence-corrected chi connectivity index (χ2v) is 6.83. The van der Waals surface area contributed by atoms with E-state index in [1.54, 1.807) is 10.7 Å². The molecule has 1 fully saturated rings. The summed E-state index contributed by atoms with van der Waals surface area (Å²) in [4.78, 5) is 30.1. The lowest BCUT2D eigenvalue weighted by molar-refractivity contribution is -0.141. The fourth-order valence-corrected chi connectivity index (χ4v) is 3.10. The topological polar surface area (TPSA) is 88.3 Å².